The summed E-state index contributed by atoms with van der Waals surface area (Å²) < 4.78 is 11.2. The smallest absolute Gasteiger partial charge is 0.334 e. The fraction of sp³-hybridized carbons (Fsp3) is 0.294. The largest absolute Gasteiger partial charge is 0.497 e. The molecular weight excluding hydrogens is 340 g/mol. The first kappa shape index (κ1) is 19.0. The van der Waals surface area contributed by atoms with Crippen LogP contribution in [0.5, 0.6) is 5.75 Å². The molecule has 0 spiro atoms. The van der Waals surface area contributed by atoms with E-state index >= 15 is 0 Å². The van der Waals surface area contributed by atoms with Crippen LogP contribution in [-0.2, 0) is 21.4 Å². The van der Waals surface area contributed by atoms with Crippen LogP contribution in [0, 0.1) is 0 Å². The van der Waals surface area contributed by atoms with Gasteiger partial charge in [0.05, 0.1) is 26.5 Å². The summed E-state index contributed by atoms with van der Waals surface area (Å²) in [7, 11) is 4.36. The Morgan fingerprint density at radius 1 is 1.23 bits per heavy atom. The number of hydrogen-bond donors (Lipinski definition) is 2. The third-order valence-electron chi connectivity index (χ3n) is 3.64. The second kappa shape index (κ2) is 8.65. The number of amides is 2. The van der Waals surface area contributed by atoms with Crippen molar-refractivity contribution in [2.24, 2.45) is 7.05 Å². The molecule has 1 heterocycles. The highest BCUT2D eigenvalue weighted by atomic mass is 16.5. The van der Waals surface area contributed by atoms with Crippen LogP contribution in [0.15, 0.2) is 36.5 Å². The fourth-order valence-corrected chi connectivity index (χ4v) is 2.28. The Hall–Kier alpha value is -3.36. The average Bonchev–Trinajstić information content (AvgIpc) is 3.09. The fourth-order valence-electron chi connectivity index (χ4n) is 2.28. The molecule has 2 aromatic rings. The summed E-state index contributed by atoms with van der Waals surface area (Å²) >= 11 is 0. The molecule has 0 bridgehead atoms. The predicted octanol–water partition coefficient (Wildman–Crippen LogP) is 0.189. The Kier molecular flexibility index (Phi) is 6.31. The van der Waals surface area contributed by atoms with Gasteiger partial charge >= 0.3 is 5.97 Å². The van der Waals surface area contributed by atoms with E-state index < -0.39 is 23.8 Å². The van der Waals surface area contributed by atoms with Crippen molar-refractivity contribution in [2.45, 2.75) is 6.04 Å². The van der Waals surface area contributed by atoms with Gasteiger partial charge in [0.25, 0.3) is 5.91 Å². The standard InChI is InChI=1S/C17H20N4O5/c1-21-13(7-8-19-21)15(17(24)26-3)20-14(22)10-18-16(23)11-5-4-6-12(9-11)25-2/h4-9,15H,10H2,1-3H3,(H,18,23)(H,20,22). The molecule has 2 amide bonds. The van der Waals surface area contributed by atoms with Crippen LogP contribution in [0.1, 0.15) is 22.1 Å². The minimum absolute atomic E-state index is 0.304. The highest BCUT2D eigenvalue weighted by Crippen LogP contribution is 2.14. The van der Waals surface area contributed by atoms with E-state index in [9.17, 15) is 14.4 Å². The lowest BCUT2D eigenvalue weighted by Gasteiger charge is -2.17. The van der Waals surface area contributed by atoms with Gasteiger partial charge in [0.1, 0.15) is 5.75 Å². The van der Waals surface area contributed by atoms with Gasteiger partial charge in [0.2, 0.25) is 5.91 Å². The molecule has 1 aromatic heterocycles. The molecule has 2 N–H and O–H groups in total. The van der Waals surface area contributed by atoms with Crippen molar-refractivity contribution in [3.8, 4) is 5.75 Å². The highest BCUT2D eigenvalue weighted by Gasteiger charge is 2.26. The zero-order chi connectivity index (χ0) is 19.1. The molecule has 26 heavy (non-hydrogen) atoms. The first-order valence-electron chi connectivity index (χ1n) is 7.73. The van der Waals surface area contributed by atoms with E-state index in [4.69, 9.17) is 9.47 Å². The van der Waals surface area contributed by atoms with E-state index in [1.165, 1.54) is 25.1 Å². The lowest BCUT2D eigenvalue weighted by Crippen LogP contribution is -2.42. The molecule has 0 radical (unpaired) electrons. The first-order valence-corrected chi connectivity index (χ1v) is 7.73. The summed E-state index contributed by atoms with van der Waals surface area (Å²) in [4.78, 5) is 36.2. The van der Waals surface area contributed by atoms with Gasteiger partial charge in [-0.3, -0.25) is 14.3 Å². The first-order chi connectivity index (χ1) is 12.5. The van der Waals surface area contributed by atoms with E-state index in [1.54, 1.807) is 37.4 Å². The number of ether oxygens (including phenoxy) is 2. The number of methoxy groups -OCH3 is 2. The number of nitrogens with one attached hydrogen (secondary N) is 2. The van der Waals surface area contributed by atoms with E-state index in [2.05, 4.69) is 15.7 Å². The Labute approximate surface area is 150 Å². The number of hydrogen-bond acceptors (Lipinski definition) is 6. The van der Waals surface area contributed by atoms with Gasteiger partial charge in [-0.1, -0.05) is 6.07 Å². The SMILES string of the molecule is COC(=O)C(NC(=O)CNC(=O)c1cccc(OC)c1)c1ccnn1C. The topological polar surface area (TPSA) is 112 Å². The third-order valence-corrected chi connectivity index (χ3v) is 3.64. The molecule has 0 saturated carbocycles. The lowest BCUT2D eigenvalue weighted by molar-refractivity contribution is -0.145. The van der Waals surface area contributed by atoms with Crippen molar-refractivity contribution < 1.29 is 23.9 Å². The van der Waals surface area contributed by atoms with Crippen LogP contribution >= 0.6 is 0 Å². The number of carbonyl (C=O) groups excluding carboxylic acids is 3. The number of rotatable bonds is 7. The maximum Gasteiger partial charge on any atom is 0.334 e. The molecule has 2 rings (SSSR count). The summed E-state index contributed by atoms with van der Waals surface area (Å²) in [6.07, 6.45) is 1.50. The normalized spacial score (nSPS) is 11.3. The maximum absolute atomic E-state index is 12.2. The number of carbonyl (C=O) groups is 3. The molecule has 0 aliphatic carbocycles. The van der Waals surface area contributed by atoms with Gasteiger partial charge in [0.15, 0.2) is 6.04 Å². The number of nitrogens with zero attached hydrogens (tertiary/aromatic N) is 2. The monoisotopic (exact) mass is 360 g/mol. The van der Waals surface area contributed by atoms with Crippen molar-refractivity contribution in [1.82, 2.24) is 20.4 Å². The molecule has 0 saturated heterocycles. The minimum Gasteiger partial charge on any atom is -0.497 e. The van der Waals surface area contributed by atoms with Crippen molar-refractivity contribution >= 4 is 17.8 Å². The maximum atomic E-state index is 12.2. The lowest BCUT2D eigenvalue weighted by atomic mass is 10.2. The van der Waals surface area contributed by atoms with E-state index in [-0.39, 0.29) is 6.54 Å². The average molecular weight is 360 g/mol. The van der Waals surface area contributed by atoms with Gasteiger partial charge in [-0.2, -0.15) is 5.10 Å². The second-order valence-corrected chi connectivity index (χ2v) is 5.32. The molecule has 1 atom stereocenters. The minimum atomic E-state index is -1.02. The van der Waals surface area contributed by atoms with Crippen LogP contribution in [0.25, 0.3) is 0 Å². The van der Waals surface area contributed by atoms with Gasteiger partial charge in [-0.05, 0) is 24.3 Å². The molecule has 0 fully saturated rings. The summed E-state index contributed by atoms with van der Waals surface area (Å²) in [5, 5.41) is 8.99. The summed E-state index contributed by atoms with van der Waals surface area (Å²) in [5.41, 5.74) is 0.817. The van der Waals surface area contributed by atoms with Crippen molar-refractivity contribution in [3.05, 3.63) is 47.8 Å². The Morgan fingerprint density at radius 2 is 2.00 bits per heavy atom. The molecule has 0 aliphatic heterocycles. The quantitative estimate of drug-likeness (QED) is 0.682. The van der Waals surface area contributed by atoms with Crippen LogP contribution in [-0.4, -0.2) is 48.3 Å². The van der Waals surface area contributed by atoms with E-state index in [0.717, 1.165) is 0 Å². The highest BCUT2D eigenvalue weighted by molar-refractivity contribution is 5.97. The molecule has 1 unspecified atom stereocenters. The van der Waals surface area contributed by atoms with Crippen molar-refractivity contribution in [3.63, 3.8) is 0 Å². The molecular formula is C17H20N4O5. The summed E-state index contributed by atoms with van der Waals surface area (Å²) in [6.45, 7) is -0.304. The van der Waals surface area contributed by atoms with Crippen LogP contribution < -0.4 is 15.4 Å². The third kappa shape index (κ3) is 4.59. The Morgan fingerprint density at radius 3 is 2.62 bits per heavy atom. The van der Waals surface area contributed by atoms with Crippen LogP contribution in [0.3, 0.4) is 0 Å². The second-order valence-electron chi connectivity index (χ2n) is 5.32. The van der Waals surface area contributed by atoms with Gasteiger partial charge in [-0.25, -0.2) is 4.79 Å². The number of aromatic nitrogens is 2. The van der Waals surface area contributed by atoms with E-state index in [0.29, 0.717) is 17.0 Å². The Balaban J connectivity index is 1.98. The van der Waals surface area contributed by atoms with Crippen molar-refractivity contribution in [1.29, 1.82) is 0 Å². The molecule has 138 valence electrons. The molecule has 1 aromatic carbocycles. The summed E-state index contributed by atoms with van der Waals surface area (Å²) in [6, 6.07) is 7.11. The van der Waals surface area contributed by atoms with Gasteiger partial charge in [-0.15, -0.1) is 0 Å². The van der Waals surface area contributed by atoms with Crippen LogP contribution in [0.4, 0.5) is 0 Å². The summed E-state index contributed by atoms with van der Waals surface area (Å²) in [5.74, 6) is -1.09. The zero-order valence-corrected chi connectivity index (χ0v) is 14.7. The number of esters is 1. The van der Waals surface area contributed by atoms with Gasteiger partial charge in [0, 0.05) is 18.8 Å². The van der Waals surface area contributed by atoms with Crippen LogP contribution in [0.2, 0.25) is 0 Å². The number of benzene rings is 1. The van der Waals surface area contributed by atoms with Crippen molar-refractivity contribution in [2.75, 3.05) is 20.8 Å². The van der Waals surface area contributed by atoms with E-state index in [1.807, 2.05) is 0 Å². The number of aryl methyl sites for hydroxylation is 1. The van der Waals surface area contributed by atoms with Gasteiger partial charge < -0.3 is 20.1 Å². The predicted molar refractivity (Wildman–Crippen MR) is 91.4 cm³/mol. The Bertz CT molecular complexity index is 802. The molecule has 9 nitrogen and oxygen atoms in total. The zero-order valence-electron chi connectivity index (χ0n) is 14.7. The molecule has 9 heteroatoms. The molecule has 0 aliphatic rings.